The van der Waals surface area contributed by atoms with Crippen LogP contribution in [0.25, 0.3) is 15.9 Å². The number of ether oxygens (including phenoxy) is 1. The van der Waals surface area contributed by atoms with Crippen LogP contribution in [0.3, 0.4) is 0 Å². The number of primary amides is 1. The molecule has 1 aromatic carbocycles. The van der Waals surface area contributed by atoms with Crippen LogP contribution in [0.5, 0.6) is 5.75 Å². The Morgan fingerprint density at radius 1 is 1.47 bits per heavy atom. The van der Waals surface area contributed by atoms with Crippen molar-refractivity contribution in [3.8, 4) is 11.4 Å². The quantitative estimate of drug-likeness (QED) is 0.452. The summed E-state index contributed by atoms with van der Waals surface area (Å²) < 4.78 is 7.00. The Bertz CT molecular complexity index is 1200. The molecule has 0 saturated carbocycles. The number of carbonyl (C=O) groups is 1. The first-order valence-corrected chi connectivity index (χ1v) is 11.7. The van der Waals surface area contributed by atoms with Gasteiger partial charge < -0.3 is 10.5 Å². The highest BCUT2D eigenvalue weighted by Crippen LogP contribution is 2.38. The van der Waals surface area contributed by atoms with Crippen molar-refractivity contribution in [2.24, 2.45) is 11.7 Å². The molecule has 2 aromatic heterocycles. The predicted molar refractivity (Wildman–Crippen MR) is 122 cm³/mol. The van der Waals surface area contributed by atoms with Crippen LogP contribution in [-0.4, -0.2) is 27.8 Å². The second-order valence-electron chi connectivity index (χ2n) is 7.55. The van der Waals surface area contributed by atoms with Crippen molar-refractivity contribution in [1.29, 1.82) is 0 Å². The molecule has 0 aliphatic heterocycles. The molecule has 4 rings (SSSR count). The number of halogens is 1. The summed E-state index contributed by atoms with van der Waals surface area (Å²) >= 11 is 8.97. The average Bonchev–Trinajstić information content (AvgIpc) is 3.05. The fraction of sp³-hybridized carbons (Fsp3) is 0.381. The lowest BCUT2D eigenvalue weighted by Crippen LogP contribution is -2.27. The maximum absolute atomic E-state index is 13.8. The van der Waals surface area contributed by atoms with Crippen LogP contribution in [0.4, 0.5) is 0 Å². The first kappa shape index (κ1) is 21.2. The maximum atomic E-state index is 13.8. The van der Waals surface area contributed by atoms with Gasteiger partial charge in [0.1, 0.15) is 10.6 Å². The van der Waals surface area contributed by atoms with Crippen LogP contribution in [0.2, 0.25) is 5.02 Å². The Balaban J connectivity index is 2.03. The third-order valence-electron chi connectivity index (χ3n) is 5.36. The summed E-state index contributed by atoms with van der Waals surface area (Å²) in [5.41, 5.74) is 6.90. The molecular weight excluding hydrogens is 442 g/mol. The van der Waals surface area contributed by atoms with E-state index in [1.165, 1.54) is 16.6 Å². The number of thiophene rings is 1. The lowest BCUT2D eigenvalue weighted by molar-refractivity contribution is -0.117. The molecule has 9 heteroatoms. The van der Waals surface area contributed by atoms with Gasteiger partial charge in [0.2, 0.25) is 5.91 Å². The maximum Gasteiger partial charge on any atom is 0.267 e. The Labute approximate surface area is 187 Å². The normalized spacial score (nSPS) is 17.0. The minimum Gasteiger partial charge on any atom is -0.495 e. The van der Waals surface area contributed by atoms with Crippen molar-refractivity contribution in [2.45, 2.75) is 43.5 Å². The summed E-state index contributed by atoms with van der Waals surface area (Å²) in [5, 5.41) is 0.962. The molecule has 0 spiro atoms. The molecule has 2 heterocycles. The van der Waals surface area contributed by atoms with Crippen LogP contribution in [0.1, 0.15) is 30.7 Å². The number of nitrogens with two attached hydrogens (primary N) is 1. The minimum absolute atomic E-state index is 0.174. The zero-order valence-corrected chi connectivity index (χ0v) is 19.3. The molecule has 0 unspecified atom stereocenters. The fourth-order valence-electron chi connectivity index (χ4n) is 3.72. The number of fused-ring (bicyclic) bond motifs is 3. The van der Waals surface area contributed by atoms with Crippen LogP contribution in [0.15, 0.2) is 28.2 Å². The minimum atomic E-state index is -0.555. The molecule has 30 heavy (non-hydrogen) atoms. The smallest absolute Gasteiger partial charge is 0.267 e. The monoisotopic (exact) mass is 463 g/mol. The third-order valence-corrected chi connectivity index (χ3v) is 7.82. The lowest BCUT2D eigenvalue weighted by atomic mass is 9.89. The van der Waals surface area contributed by atoms with Gasteiger partial charge in [-0.05, 0) is 55.9 Å². The first-order valence-electron chi connectivity index (χ1n) is 9.67. The lowest BCUT2D eigenvalue weighted by Gasteiger charge is -2.18. The molecule has 158 valence electrons. The average molecular weight is 464 g/mol. The van der Waals surface area contributed by atoms with Crippen molar-refractivity contribution < 1.29 is 9.53 Å². The van der Waals surface area contributed by atoms with Crippen molar-refractivity contribution >= 4 is 50.8 Å². The molecule has 2 N–H and O–H groups in total. The van der Waals surface area contributed by atoms with Gasteiger partial charge in [0, 0.05) is 9.90 Å². The van der Waals surface area contributed by atoms with E-state index in [2.05, 4.69) is 6.92 Å². The number of thioether (sulfide) groups is 1. The Morgan fingerprint density at radius 3 is 2.93 bits per heavy atom. The van der Waals surface area contributed by atoms with Gasteiger partial charge >= 0.3 is 0 Å². The number of carbonyl (C=O) groups excluding carboxylic acids is 1. The van der Waals surface area contributed by atoms with E-state index in [1.807, 2.05) is 0 Å². The number of aromatic nitrogens is 2. The summed E-state index contributed by atoms with van der Waals surface area (Å²) in [5.74, 6) is 0.608. The second-order valence-corrected chi connectivity index (χ2v) is 10.4. The molecule has 6 nitrogen and oxygen atoms in total. The SMILES string of the molecule is COc1ccc(Cl)cc1-n1c(S[C@H](C)C(N)=O)nc2sc3c(c2c1=O)CC[C@@H](C)C3. The van der Waals surface area contributed by atoms with Gasteiger partial charge in [-0.2, -0.15) is 0 Å². The van der Waals surface area contributed by atoms with Crippen molar-refractivity contribution in [1.82, 2.24) is 9.55 Å². The van der Waals surface area contributed by atoms with Crippen molar-refractivity contribution in [3.63, 3.8) is 0 Å². The number of benzene rings is 1. The molecule has 0 bridgehead atoms. The Kier molecular flexibility index (Phi) is 5.83. The molecule has 1 aliphatic rings. The third kappa shape index (κ3) is 3.72. The molecular formula is C21H22ClN3O3S2. The number of aryl methyl sites for hydroxylation is 1. The number of methoxy groups -OCH3 is 1. The second kappa shape index (κ2) is 8.24. The van der Waals surface area contributed by atoms with E-state index in [9.17, 15) is 9.59 Å². The molecule has 1 amide bonds. The van der Waals surface area contributed by atoms with E-state index >= 15 is 0 Å². The van der Waals surface area contributed by atoms with Gasteiger partial charge in [-0.1, -0.05) is 30.3 Å². The summed E-state index contributed by atoms with van der Waals surface area (Å²) in [6.07, 6.45) is 2.87. The molecule has 0 radical (unpaired) electrons. The van der Waals surface area contributed by atoms with Gasteiger partial charge in [-0.3, -0.25) is 14.2 Å². The molecule has 0 saturated heterocycles. The fourth-order valence-corrected chi connectivity index (χ4v) is 6.18. The van der Waals surface area contributed by atoms with E-state index < -0.39 is 11.2 Å². The highest BCUT2D eigenvalue weighted by Gasteiger charge is 2.27. The van der Waals surface area contributed by atoms with Crippen LogP contribution >= 0.6 is 34.7 Å². The van der Waals surface area contributed by atoms with Crippen molar-refractivity contribution in [2.75, 3.05) is 7.11 Å². The van der Waals surface area contributed by atoms with Gasteiger partial charge in [-0.25, -0.2) is 4.98 Å². The number of amides is 1. The van der Waals surface area contributed by atoms with Crippen LogP contribution in [0, 0.1) is 5.92 Å². The predicted octanol–water partition coefficient (Wildman–Crippen LogP) is 4.20. The van der Waals surface area contributed by atoms with Gasteiger partial charge in [0.15, 0.2) is 5.16 Å². The summed E-state index contributed by atoms with van der Waals surface area (Å²) in [6, 6.07) is 5.09. The van der Waals surface area contributed by atoms with Gasteiger partial charge in [0.25, 0.3) is 5.56 Å². The number of rotatable bonds is 5. The Morgan fingerprint density at radius 2 is 2.23 bits per heavy atom. The van der Waals surface area contributed by atoms with E-state index in [-0.39, 0.29) is 5.56 Å². The molecule has 3 aromatic rings. The Hall–Kier alpha value is -2.03. The van der Waals surface area contributed by atoms with E-state index in [0.717, 1.165) is 36.6 Å². The number of hydrogen-bond donors (Lipinski definition) is 1. The zero-order valence-electron chi connectivity index (χ0n) is 16.9. The van der Waals surface area contributed by atoms with Crippen LogP contribution in [-0.2, 0) is 17.6 Å². The first-order chi connectivity index (χ1) is 14.3. The number of hydrogen-bond acceptors (Lipinski definition) is 6. The molecule has 0 fully saturated rings. The summed E-state index contributed by atoms with van der Waals surface area (Å²) in [4.78, 5) is 32.2. The van der Waals surface area contributed by atoms with E-state index in [1.54, 1.807) is 36.5 Å². The highest BCUT2D eigenvalue weighted by atomic mass is 35.5. The topological polar surface area (TPSA) is 87.2 Å². The van der Waals surface area contributed by atoms with Crippen LogP contribution < -0.4 is 16.0 Å². The van der Waals surface area contributed by atoms with Crippen molar-refractivity contribution in [3.05, 3.63) is 44.0 Å². The zero-order chi connectivity index (χ0) is 21.6. The van der Waals surface area contributed by atoms with E-state index in [0.29, 0.717) is 37.8 Å². The molecule has 2 atom stereocenters. The summed E-state index contributed by atoms with van der Waals surface area (Å²) in [7, 11) is 1.54. The van der Waals surface area contributed by atoms with Gasteiger partial charge in [0.05, 0.1) is 23.4 Å². The van der Waals surface area contributed by atoms with E-state index in [4.69, 9.17) is 27.1 Å². The number of nitrogens with zero attached hydrogens (tertiary/aromatic N) is 2. The highest BCUT2D eigenvalue weighted by molar-refractivity contribution is 8.00. The summed E-state index contributed by atoms with van der Waals surface area (Å²) in [6.45, 7) is 3.93. The largest absolute Gasteiger partial charge is 0.495 e. The standard InChI is InChI=1S/C21H22ClN3O3S2/c1-10-4-6-13-16(8-10)30-19-17(13)20(27)25(21(24-19)29-11(2)18(23)26)14-9-12(22)5-7-15(14)28-3/h5,7,9-11H,4,6,8H2,1-3H3,(H2,23,26)/t10-,11-/m1/s1. The van der Waals surface area contributed by atoms with Gasteiger partial charge in [-0.15, -0.1) is 11.3 Å². The molecule has 1 aliphatic carbocycles.